The van der Waals surface area contributed by atoms with Gasteiger partial charge in [0.05, 0.1) is 7.11 Å². The maximum atomic E-state index is 11.3. The van der Waals surface area contributed by atoms with Gasteiger partial charge in [-0.15, -0.1) is 0 Å². The van der Waals surface area contributed by atoms with Gasteiger partial charge < -0.3 is 15.2 Å². The van der Waals surface area contributed by atoms with Crippen LogP contribution in [0, 0.1) is 5.41 Å². The van der Waals surface area contributed by atoms with Crippen molar-refractivity contribution in [1.82, 2.24) is 4.98 Å². The molecule has 21 heavy (non-hydrogen) atoms. The van der Waals surface area contributed by atoms with Gasteiger partial charge in [0.2, 0.25) is 0 Å². The molecule has 0 aliphatic carbocycles. The smallest absolute Gasteiger partial charge is 0.332 e. The molecule has 0 radical (unpaired) electrons. The molecule has 0 saturated heterocycles. The topological polar surface area (TPSA) is 88.5 Å². The third kappa shape index (κ3) is 5.25. The van der Waals surface area contributed by atoms with E-state index in [4.69, 9.17) is 0 Å². The molecule has 6 heteroatoms. The molecule has 114 valence electrons. The number of pyridine rings is 1. The summed E-state index contributed by atoms with van der Waals surface area (Å²) < 4.78 is 4.51. The maximum Gasteiger partial charge on any atom is 0.332 e. The van der Waals surface area contributed by atoms with Crippen LogP contribution >= 0.6 is 0 Å². The van der Waals surface area contributed by atoms with Crippen LogP contribution in [0.3, 0.4) is 0 Å². The minimum atomic E-state index is -0.949. The van der Waals surface area contributed by atoms with Crippen LogP contribution in [0.25, 0.3) is 6.08 Å². The first-order chi connectivity index (χ1) is 9.74. The SMILES string of the molecule is COC(=O)CNc1ccc(/C=C(/C(=O)O)C(C)(C)C)cn1. The van der Waals surface area contributed by atoms with Crippen molar-refractivity contribution < 1.29 is 19.4 Å². The van der Waals surface area contributed by atoms with Gasteiger partial charge in [0.1, 0.15) is 12.4 Å². The lowest BCUT2D eigenvalue weighted by Gasteiger charge is -2.19. The lowest BCUT2D eigenvalue weighted by Crippen LogP contribution is -2.17. The molecule has 0 saturated carbocycles. The highest BCUT2D eigenvalue weighted by Crippen LogP contribution is 2.27. The Balaban J connectivity index is 2.86. The number of aromatic nitrogens is 1. The Bertz CT molecular complexity index is 542. The molecular formula is C15H20N2O4. The van der Waals surface area contributed by atoms with Gasteiger partial charge in [-0.1, -0.05) is 20.8 Å². The number of ether oxygens (including phenoxy) is 1. The number of methoxy groups -OCH3 is 1. The fourth-order valence-electron chi connectivity index (χ4n) is 1.60. The molecule has 0 atom stereocenters. The van der Waals surface area contributed by atoms with Gasteiger partial charge >= 0.3 is 11.9 Å². The quantitative estimate of drug-likeness (QED) is 0.639. The van der Waals surface area contributed by atoms with Crippen LogP contribution in [0.4, 0.5) is 5.82 Å². The summed E-state index contributed by atoms with van der Waals surface area (Å²) in [6, 6.07) is 3.41. The number of anilines is 1. The van der Waals surface area contributed by atoms with Gasteiger partial charge in [-0.2, -0.15) is 0 Å². The normalized spacial score (nSPS) is 11.9. The number of carboxylic acids is 1. The van der Waals surface area contributed by atoms with Gasteiger partial charge in [-0.3, -0.25) is 4.79 Å². The van der Waals surface area contributed by atoms with E-state index in [9.17, 15) is 14.7 Å². The van der Waals surface area contributed by atoms with E-state index in [1.54, 1.807) is 24.4 Å². The molecule has 0 bridgehead atoms. The average molecular weight is 292 g/mol. The van der Waals surface area contributed by atoms with Crippen LogP contribution in [-0.4, -0.2) is 35.7 Å². The Labute approximate surface area is 123 Å². The molecule has 2 N–H and O–H groups in total. The van der Waals surface area contributed by atoms with Crippen LogP contribution in [-0.2, 0) is 14.3 Å². The molecule has 1 aromatic rings. The van der Waals surface area contributed by atoms with E-state index in [1.807, 2.05) is 20.8 Å². The fourth-order valence-corrected chi connectivity index (χ4v) is 1.60. The lowest BCUT2D eigenvalue weighted by atomic mass is 9.85. The molecule has 6 nitrogen and oxygen atoms in total. The molecular weight excluding hydrogens is 272 g/mol. The number of carbonyl (C=O) groups excluding carboxylic acids is 1. The van der Waals surface area contributed by atoms with Gasteiger partial charge in [0.15, 0.2) is 0 Å². The lowest BCUT2D eigenvalue weighted by molar-refractivity contribution is -0.138. The van der Waals surface area contributed by atoms with E-state index < -0.39 is 11.4 Å². The van der Waals surface area contributed by atoms with Crippen LogP contribution < -0.4 is 5.32 Å². The summed E-state index contributed by atoms with van der Waals surface area (Å²) in [4.78, 5) is 26.4. The molecule has 0 spiro atoms. The monoisotopic (exact) mass is 292 g/mol. The molecule has 0 aliphatic heterocycles. The number of esters is 1. The summed E-state index contributed by atoms with van der Waals surface area (Å²) in [5.74, 6) is -0.817. The van der Waals surface area contributed by atoms with E-state index >= 15 is 0 Å². The van der Waals surface area contributed by atoms with Crippen molar-refractivity contribution in [3.05, 3.63) is 29.5 Å². The van der Waals surface area contributed by atoms with Gasteiger partial charge in [-0.25, -0.2) is 9.78 Å². The second-order valence-electron chi connectivity index (χ2n) is 5.52. The Morgan fingerprint density at radius 1 is 1.38 bits per heavy atom. The number of hydrogen-bond acceptors (Lipinski definition) is 5. The second kappa shape index (κ2) is 6.88. The third-order valence-electron chi connectivity index (χ3n) is 2.78. The van der Waals surface area contributed by atoms with E-state index in [1.165, 1.54) is 7.11 Å². The third-order valence-corrected chi connectivity index (χ3v) is 2.78. The minimum Gasteiger partial charge on any atom is -0.478 e. The molecule has 0 unspecified atom stereocenters. The Morgan fingerprint density at radius 2 is 2.05 bits per heavy atom. The average Bonchev–Trinajstić information content (AvgIpc) is 2.41. The predicted octanol–water partition coefficient (Wildman–Crippen LogP) is 2.18. The van der Waals surface area contributed by atoms with Crippen molar-refractivity contribution in [3.8, 4) is 0 Å². The zero-order valence-electron chi connectivity index (χ0n) is 12.6. The molecule has 0 amide bonds. The number of hydrogen-bond donors (Lipinski definition) is 2. The zero-order chi connectivity index (χ0) is 16.0. The summed E-state index contributed by atoms with van der Waals surface area (Å²) in [5, 5.41) is 12.1. The summed E-state index contributed by atoms with van der Waals surface area (Å²) >= 11 is 0. The Hall–Kier alpha value is -2.37. The highest BCUT2D eigenvalue weighted by atomic mass is 16.5. The molecule has 1 heterocycles. The highest BCUT2D eigenvalue weighted by molar-refractivity contribution is 5.93. The van der Waals surface area contributed by atoms with Crippen molar-refractivity contribution in [2.45, 2.75) is 20.8 Å². The van der Waals surface area contributed by atoms with Gasteiger partial charge in [-0.05, 0) is 29.2 Å². The van der Waals surface area contributed by atoms with Gasteiger partial charge in [0, 0.05) is 11.8 Å². The number of nitrogens with one attached hydrogen (secondary N) is 1. The zero-order valence-corrected chi connectivity index (χ0v) is 12.6. The summed E-state index contributed by atoms with van der Waals surface area (Å²) in [5.41, 5.74) is 0.527. The Kier molecular flexibility index (Phi) is 5.46. The first-order valence-corrected chi connectivity index (χ1v) is 6.46. The largest absolute Gasteiger partial charge is 0.478 e. The summed E-state index contributed by atoms with van der Waals surface area (Å²) in [7, 11) is 1.31. The second-order valence-corrected chi connectivity index (χ2v) is 5.52. The Morgan fingerprint density at radius 3 is 2.48 bits per heavy atom. The summed E-state index contributed by atoms with van der Waals surface area (Å²) in [6.07, 6.45) is 3.15. The number of carboxylic acid groups (broad SMARTS) is 1. The van der Waals surface area contributed by atoms with Crippen molar-refractivity contribution in [1.29, 1.82) is 0 Å². The first kappa shape index (κ1) is 16.7. The number of rotatable bonds is 5. The van der Waals surface area contributed by atoms with Crippen LogP contribution in [0.1, 0.15) is 26.3 Å². The number of nitrogens with zero attached hydrogens (tertiary/aromatic N) is 1. The molecule has 0 fully saturated rings. The highest BCUT2D eigenvalue weighted by Gasteiger charge is 2.23. The number of aliphatic carboxylic acids is 1. The molecule has 0 aliphatic rings. The van der Waals surface area contributed by atoms with Crippen molar-refractivity contribution in [2.24, 2.45) is 5.41 Å². The van der Waals surface area contributed by atoms with E-state index in [0.717, 1.165) is 0 Å². The summed E-state index contributed by atoms with van der Waals surface area (Å²) in [6.45, 7) is 5.55. The van der Waals surface area contributed by atoms with Crippen molar-refractivity contribution in [2.75, 3.05) is 19.0 Å². The molecule has 0 aromatic carbocycles. The minimum absolute atomic E-state index is 0.0288. The van der Waals surface area contributed by atoms with Crippen molar-refractivity contribution >= 4 is 23.8 Å². The standard InChI is InChI=1S/C15H20N2O4/c1-15(2,3)11(14(19)20)7-10-5-6-12(16-8-10)17-9-13(18)21-4/h5-8H,9H2,1-4H3,(H,16,17)(H,19,20)/b11-7-. The molecule has 1 aromatic heterocycles. The van der Waals surface area contributed by atoms with Gasteiger partial charge in [0.25, 0.3) is 0 Å². The number of carbonyl (C=O) groups is 2. The first-order valence-electron chi connectivity index (χ1n) is 6.46. The maximum absolute atomic E-state index is 11.3. The van der Waals surface area contributed by atoms with Crippen molar-refractivity contribution in [3.63, 3.8) is 0 Å². The van der Waals surface area contributed by atoms with Crippen LogP contribution in [0.15, 0.2) is 23.9 Å². The predicted molar refractivity (Wildman–Crippen MR) is 79.8 cm³/mol. The van der Waals surface area contributed by atoms with E-state index in [-0.39, 0.29) is 12.5 Å². The van der Waals surface area contributed by atoms with E-state index in [2.05, 4.69) is 15.0 Å². The van der Waals surface area contributed by atoms with Crippen LogP contribution in [0.2, 0.25) is 0 Å². The van der Waals surface area contributed by atoms with E-state index in [0.29, 0.717) is 17.0 Å². The fraction of sp³-hybridized carbons (Fsp3) is 0.400. The van der Waals surface area contributed by atoms with Crippen LogP contribution in [0.5, 0.6) is 0 Å². The molecule has 1 rings (SSSR count).